The van der Waals surface area contributed by atoms with Gasteiger partial charge in [-0.15, -0.1) is 0 Å². The number of rotatable bonds is 6. The number of hydrogen-bond acceptors (Lipinski definition) is 6. The molecule has 0 atom stereocenters. The Morgan fingerprint density at radius 3 is 2.59 bits per heavy atom. The topological polar surface area (TPSA) is 69.1 Å². The Balaban J connectivity index is 1.81. The fourth-order valence-corrected chi connectivity index (χ4v) is 4.48. The Labute approximate surface area is 164 Å². The average Bonchev–Trinajstić information content (AvgIpc) is 2.67. The van der Waals surface area contributed by atoms with Crippen molar-refractivity contribution >= 4 is 41.0 Å². The van der Waals surface area contributed by atoms with Crippen molar-refractivity contribution in [1.82, 2.24) is 4.98 Å². The molecule has 1 aliphatic carbocycles. The first-order chi connectivity index (χ1) is 13.3. The molecule has 0 unspecified atom stereocenters. The SMILES string of the molecule is N=C(c1c(N2CCSCC2)cc(C=O)nc1Nc1ccccc1)C1CCC1. The maximum atomic E-state index is 11.6. The Kier molecular flexibility index (Phi) is 5.43. The molecular weight excluding hydrogens is 356 g/mol. The molecule has 2 aromatic rings. The van der Waals surface area contributed by atoms with Crippen LogP contribution >= 0.6 is 11.8 Å². The summed E-state index contributed by atoms with van der Waals surface area (Å²) >= 11 is 1.95. The Morgan fingerprint density at radius 2 is 1.96 bits per heavy atom. The summed E-state index contributed by atoms with van der Waals surface area (Å²) in [5.74, 6) is 3.05. The van der Waals surface area contributed by atoms with E-state index in [0.29, 0.717) is 23.1 Å². The lowest BCUT2D eigenvalue weighted by Crippen LogP contribution is -2.35. The van der Waals surface area contributed by atoms with Crippen LogP contribution in [0.2, 0.25) is 0 Å². The second-order valence-electron chi connectivity index (χ2n) is 7.04. The molecule has 6 heteroatoms. The highest BCUT2D eigenvalue weighted by Gasteiger charge is 2.30. The highest BCUT2D eigenvalue weighted by molar-refractivity contribution is 7.99. The van der Waals surface area contributed by atoms with Crippen molar-refractivity contribution in [3.63, 3.8) is 0 Å². The number of thioether (sulfide) groups is 1. The van der Waals surface area contributed by atoms with Crippen LogP contribution < -0.4 is 10.2 Å². The number of carbonyl (C=O) groups is 1. The van der Waals surface area contributed by atoms with Crippen LogP contribution in [0.1, 0.15) is 35.3 Å². The number of aromatic nitrogens is 1. The van der Waals surface area contributed by atoms with Gasteiger partial charge in [0.15, 0.2) is 6.29 Å². The van der Waals surface area contributed by atoms with Gasteiger partial charge in [0.2, 0.25) is 0 Å². The van der Waals surface area contributed by atoms with Crippen LogP contribution in [0.4, 0.5) is 17.2 Å². The van der Waals surface area contributed by atoms with Gasteiger partial charge < -0.3 is 15.6 Å². The third kappa shape index (κ3) is 3.86. The third-order valence-electron chi connectivity index (χ3n) is 5.31. The van der Waals surface area contributed by atoms with E-state index in [2.05, 4.69) is 15.2 Å². The highest BCUT2D eigenvalue weighted by Crippen LogP contribution is 2.37. The number of benzene rings is 1. The standard InChI is InChI=1S/C21H24N4OS/c22-20(15-5-4-6-15)19-18(25-9-11-27-12-10-25)13-17(14-26)24-21(19)23-16-7-2-1-3-8-16/h1-3,7-8,13-15,22H,4-6,9-12H2,(H,23,24). The first-order valence-electron chi connectivity index (χ1n) is 9.50. The zero-order valence-electron chi connectivity index (χ0n) is 15.3. The first-order valence-corrected chi connectivity index (χ1v) is 10.7. The quantitative estimate of drug-likeness (QED) is 0.576. The van der Waals surface area contributed by atoms with E-state index in [0.717, 1.165) is 60.7 Å². The van der Waals surface area contributed by atoms with E-state index in [1.807, 2.05) is 48.2 Å². The second kappa shape index (κ2) is 8.13. The van der Waals surface area contributed by atoms with Crippen LogP contribution in [-0.2, 0) is 0 Å². The number of nitrogens with zero attached hydrogens (tertiary/aromatic N) is 2. The fraction of sp³-hybridized carbons (Fsp3) is 0.381. The van der Waals surface area contributed by atoms with Gasteiger partial charge in [0.05, 0.1) is 11.3 Å². The number of nitrogens with one attached hydrogen (secondary N) is 2. The molecule has 1 aliphatic heterocycles. The normalized spacial score (nSPS) is 17.3. The molecule has 0 radical (unpaired) electrons. The van der Waals surface area contributed by atoms with Crippen LogP contribution in [0.25, 0.3) is 0 Å². The van der Waals surface area contributed by atoms with E-state index in [9.17, 15) is 4.79 Å². The van der Waals surface area contributed by atoms with Crippen molar-refractivity contribution in [1.29, 1.82) is 5.41 Å². The monoisotopic (exact) mass is 380 g/mol. The van der Waals surface area contributed by atoms with Gasteiger partial charge in [-0.05, 0) is 31.0 Å². The molecule has 140 valence electrons. The van der Waals surface area contributed by atoms with E-state index in [1.165, 1.54) is 6.42 Å². The molecule has 2 N–H and O–H groups in total. The van der Waals surface area contributed by atoms with Crippen molar-refractivity contribution in [2.24, 2.45) is 5.92 Å². The minimum absolute atomic E-state index is 0.295. The zero-order chi connectivity index (χ0) is 18.6. The predicted molar refractivity (Wildman–Crippen MR) is 113 cm³/mol. The molecule has 2 heterocycles. The Morgan fingerprint density at radius 1 is 1.22 bits per heavy atom. The zero-order valence-corrected chi connectivity index (χ0v) is 16.1. The molecule has 0 spiro atoms. The molecule has 5 nitrogen and oxygen atoms in total. The van der Waals surface area contributed by atoms with Gasteiger partial charge in [0.25, 0.3) is 0 Å². The van der Waals surface area contributed by atoms with Crippen LogP contribution in [0.3, 0.4) is 0 Å². The van der Waals surface area contributed by atoms with Crippen LogP contribution in [0.15, 0.2) is 36.4 Å². The largest absolute Gasteiger partial charge is 0.369 e. The van der Waals surface area contributed by atoms with Crippen molar-refractivity contribution in [3.05, 3.63) is 47.7 Å². The summed E-state index contributed by atoms with van der Waals surface area (Å²) in [6.45, 7) is 1.87. The molecule has 0 bridgehead atoms. The van der Waals surface area contributed by atoms with Gasteiger partial charge in [-0.1, -0.05) is 24.6 Å². The molecule has 1 saturated heterocycles. The summed E-state index contributed by atoms with van der Waals surface area (Å²) in [6.07, 6.45) is 4.11. The van der Waals surface area contributed by atoms with Gasteiger partial charge in [-0.25, -0.2) is 4.98 Å². The molecule has 2 aliphatic rings. The molecule has 2 fully saturated rings. The van der Waals surface area contributed by atoms with E-state index >= 15 is 0 Å². The number of carbonyl (C=O) groups excluding carboxylic acids is 1. The predicted octanol–water partition coefficient (Wildman–Crippen LogP) is 4.36. The van der Waals surface area contributed by atoms with Gasteiger partial charge in [0, 0.05) is 41.9 Å². The summed E-state index contributed by atoms with van der Waals surface area (Å²) in [6, 6.07) is 11.7. The van der Waals surface area contributed by atoms with Gasteiger partial charge in [-0.3, -0.25) is 4.79 Å². The number of para-hydroxylation sites is 1. The van der Waals surface area contributed by atoms with Crippen LogP contribution in [0, 0.1) is 11.3 Å². The molecule has 1 aromatic carbocycles. The van der Waals surface area contributed by atoms with E-state index in [-0.39, 0.29) is 0 Å². The fourth-order valence-electron chi connectivity index (χ4n) is 3.58. The third-order valence-corrected chi connectivity index (χ3v) is 6.25. The lowest BCUT2D eigenvalue weighted by Gasteiger charge is -2.34. The minimum Gasteiger partial charge on any atom is -0.369 e. The highest BCUT2D eigenvalue weighted by atomic mass is 32.2. The smallest absolute Gasteiger partial charge is 0.168 e. The molecule has 0 amide bonds. The summed E-state index contributed by atoms with van der Waals surface area (Å²) in [4.78, 5) is 18.4. The summed E-state index contributed by atoms with van der Waals surface area (Å²) in [5, 5.41) is 12.2. The van der Waals surface area contributed by atoms with Crippen molar-refractivity contribution in [2.45, 2.75) is 19.3 Å². The molecule has 1 aromatic heterocycles. The van der Waals surface area contributed by atoms with Crippen LogP contribution in [0.5, 0.6) is 0 Å². The van der Waals surface area contributed by atoms with Crippen molar-refractivity contribution in [2.75, 3.05) is 34.8 Å². The van der Waals surface area contributed by atoms with Crippen LogP contribution in [-0.4, -0.2) is 41.6 Å². The first kappa shape index (κ1) is 18.0. The molecule has 1 saturated carbocycles. The van der Waals surface area contributed by atoms with Gasteiger partial charge >= 0.3 is 0 Å². The second-order valence-corrected chi connectivity index (χ2v) is 8.26. The average molecular weight is 381 g/mol. The number of pyridine rings is 1. The van der Waals surface area contributed by atoms with E-state index in [4.69, 9.17) is 5.41 Å². The lowest BCUT2D eigenvalue weighted by atomic mass is 9.79. The minimum atomic E-state index is 0.295. The van der Waals surface area contributed by atoms with Gasteiger partial charge in [0.1, 0.15) is 11.5 Å². The maximum Gasteiger partial charge on any atom is 0.168 e. The number of anilines is 3. The molecular formula is C21H24N4OS. The maximum absolute atomic E-state index is 11.6. The summed E-state index contributed by atoms with van der Waals surface area (Å²) in [7, 11) is 0. The van der Waals surface area contributed by atoms with Crippen molar-refractivity contribution < 1.29 is 4.79 Å². The van der Waals surface area contributed by atoms with Gasteiger partial charge in [-0.2, -0.15) is 11.8 Å². The Bertz CT molecular complexity index is 830. The molecule has 27 heavy (non-hydrogen) atoms. The summed E-state index contributed by atoms with van der Waals surface area (Å²) in [5.41, 5.74) is 3.81. The van der Waals surface area contributed by atoms with Crippen molar-refractivity contribution in [3.8, 4) is 0 Å². The lowest BCUT2D eigenvalue weighted by molar-refractivity contribution is 0.111. The summed E-state index contributed by atoms with van der Waals surface area (Å²) < 4.78 is 0. The number of hydrogen-bond donors (Lipinski definition) is 2. The molecule has 4 rings (SSSR count). The van der Waals surface area contributed by atoms with E-state index in [1.54, 1.807) is 0 Å². The van der Waals surface area contributed by atoms with E-state index < -0.39 is 0 Å². The Hall–Kier alpha value is -2.34. The number of aldehydes is 1.